The first-order valence-corrected chi connectivity index (χ1v) is 6.60. The van der Waals surface area contributed by atoms with Crippen molar-refractivity contribution in [1.29, 1.82) is 0 Å². The van der Waals surface area contributed by atoms with Crippen LogP contribution in [0.25, 0.3) is 6.08 Å². The fourth-order valence-electron chi connectivity index (χ4n) is 1.81. The highest BCUT2D eigenvalue weighted by Crippen LogP contribution is 2.23. The van der Waals surface area contributed by atoms with E-state index in [1.54, 1.807) is 24.0 Å². The molecule has 1 amide bonds. The van der Waals surface area contributed by atoms with Crippen LogP contribution in [0.15, 0.2) is 18.2 Å². The zero-order valence-electron chi connectivity index (χ0n) is 9.52. The maximum absolute atomic E-state index is 11.8. The molecule has 1 unspecified atom stereocenters. The fourth-order valence-corrected chi connectivity index (χ4v) is 2.77. The summed E-state index contributed by atoms with van der Waals surface area (Å²) in [6.07, 6.45) is 3.92. The smallest absolute Gasteiger partial charge is 0.246 e. The Morgan fingerprint density at radius 3 is 2.94 bits per heavy atom. The Morgan fingerprint density at radius 1 is 1.65 bits per heavy atom. The van der Waals surface area contributed by atoms with Crippen molar-refractivity contribution in [3.05, 3.63) is 27.4 Å². The van der Waals surface area contributed by atoms with E-state index < -0.39 is 5.60 Å². The van der Waals surface area contributed by atoms with E-state index in [1.807, 2.05) is 6.07 Å². The first-order chi connectivity index (χ1) is 7.96. The number of aliphatic hydroxyl groups is 1. The molecule has 1 N–H and O–H groups in total. The molecule has 0 bridgehead atoms. The summed E-state index contributed by atoms with van der Waals surface area (Å²) in [7, 11) is 0. The van der Waals surface area contributed by atoms with Gasteiger partial charge in [-0.25, -0.2) is 0 Å². The number of rotatable bonds is 2. The maximum atomic E-state index is 11.8. The van der Waals surface area contributed by atoms with Crippen LogP contribution in [0.3, 0.4) is 0 Å². The summed E-state index contributed by atoms with van der Waals surface area (Å²) >= 11 is 7.23. The van der Waals surface area contributed by atoms with Gasteiger partial charge >= 0.3 is 0 Å². The molecule has 0 aliphatic carbocycles. The summed E-state index contributed by atoms with van der Waals surface area (Å²) in [4.78, 5) is 14.4. The maximum Gasteiger partial charge on any atom is 0.246 e. The minimum Gasteiger partial charge on any atom is -0.388 e. The quantitative estimate of drug-likeness (QED) is 0.839. The highest BCUT2D eigenvalue weighted by molar-refractivity contribution is 7.17. The van der Waals surface area contributed by atoms with E-state index in [4.69, 9.17) is 11.6 Å². The van der Waals surface area contributed by atoms with Gasteiger partial charge in [-0.2, -0.15) is 0 Å². The van der Waals surface area contributed by atoms with Crippen molar-refractivity contribution in [2.45, 2.75) is 18.9 Å². The average Bonchev–Trinajstić information content (AvgIpc) is 2.81. The van der Waals surface area contributed by atoms with Gasteiger partial charge in [-0.1, -0.05) is 11.6 Å². The number of hydrogen-bond acceptors (Lipinski definition) is 3. The van der Waals surface area contributed by atoms with Gasteiger partial charge in [0.25, 0.3) is 0 Å². The summed E-state index contributed by atoms with van der Waals surface area (Å²) in [5.74, 6) is -0.0627. The van der Waals surface area contributed by atoms with Crippen LogP contribution in [0.1, 0.15) is 18.2 Å². The predicted octanol–water partition coefficient (Wildman–Crippen LogP) is 2.40. The lowest BCUT2D eigenvalue weighted by Crippen LogP contribution is -2.32. The first-order valence-electron chi connectivity index (χ1n) is 5.41. The van der Waals surface area contributed by atoms with E-state index in [0.29, 0.717) is 23.8 Å². The van der Waals surface area contributed by atoms with Crippen LogP contribution in [-0.2, 0) is 4.79 Å². The molecule has 1 aromatic rings. The van der Waals surface area contributed by atoms with Crippen LogP contribution in [0.2, 0.25) is 4.34 Å². The molecule has 1 fully saturated rings. The Morgan fingerprint density at radius 2 is 2.41 bits per heavy atom. The van der Waals surface area contributed by atoms with Crippen molar-refractivity contribution < 1.29 is 9.90 Å². The Labute approximate surface area is 109 Å². The largest absolute Gasteiger partial charge is 0.388 e. The number of carbonyl (C=O) groups excluding carboxylic acids is 1. The third-order valence-corrected chi connectivity index (χ3v) is 3.94. The Bertz CT molecular complexity index is 453. The van der Waals surface area contributed by atoms with Gasteiger partial charge in [-0.3, -0.25) is 4.79 Å². The molecule has 2 heterocycles. The molecule has 1 aliphatic rings. The Kier molecular flexibility index (Phi) is 3.56. The van der Waals surface area contributed by atoms with E-state index in [-0.39, 0.29) is 5.91 Å². The van der Waals surface area contributed by atoms with Gasteiger partial charge in [0.1, 0.15) is 0 Å². The molecule has 17 heavy (non-hydrogen) atoms. The molecular formula is C12H14ClNO2S. The Hall–Kier alpha value is -0.840. The van der Waals surface area contributed by atoms with Gasteiger partial charge < -0.3 is 10.0 Å². The molecular weight excluding hydrogens is 258 g/mol. The van der Waals surface area contributed by atoms with E-state index in [0.717, 1.165) is 4.88 Å². The summed E-state index contributed by atoms with van der Waals surface area (Å²) < 4.78 is 0.709. The van der Waals surface area contributed by atoms with Crippen molar-refractivity contribution in [2.24, 2.45) is 0 Å². The number of hydrogen-bond donors (Lipinski definition) is 1. The van der Waals surface area contributed by atoms with Crippen LogP contribution in [0.5, 0.6) is 0 Å². The van der Waals surface area contributed by atoms with Gasteiger partial charge in [0.2, 0.25) is 5.91 Å². The van der Waals surface area contributed by atoms with Crippen LogP contribution < -0.4 is 0 Å². The zero-order valence-corrected chi connectivity index (χ0v) is 11.1. The predicted molar refractivity (Wildman–Crippen MR) is 70.2 cm³/mol. The lowest BCUT2D eigenvalue weighted by Gasteiger charge is -2.17. The first kappa shape index (κ1) is 12.6. The molecule has 0 spiro atoms. The summed E-state index contributed by atoms with van der Waals surface area (Å²) in [5, 5.41) is 9.77. The van der Waals surface area contributed by atoms with Crippen molar-refractivity contribution >= 4 is 34.9 Å². The minimum absolute atomic E-state index is 0.0627. The van der Waals surface area contributed by atoms with Crippen molar-refractivity contribution in [3.63, 3.8) is 0 Å². The molecule has 0 radical (unpaired) electrons. The molecule has 1 saturated heterocycles. The summed E-state index contributed by atoms with van der Waals surface area (Å²) in [5.41, 5.74) is -0.740. The second-order valence-electron chi connectivity index (χ2n) is 4.48. The van der Waals surface area contributed by atoms with Gasteiger partial charge in [-0.15, -0.1) is 11.3 Å². The van der Waals surface area contributed by atoms with Crippen molar-refractivity contribution in [3.8, 4) is 0 Å². The van der Waals surface area contributed by atoms with Crippen LogP contribution >= 0.6 is 22.9 Å². The Balaban J connectivity index is 1.96. The number of amides is 1. The zero-order chi connectivity index (χ0) is 12.5. The average molecular weight is 272 g/mol. The molecule has 92 valence electrons. The molecule has 1 atom stereocenters. The number of nitrogens with zero attached hydrogens (tertiary/aromatic N) is 1. The third-order valence-electron chi connectivity index (χ3n) is 2.75. The lowest BCUT2D eigenvalue weighted by molar-refractivity contribution is -0.125. The monoisotopic (exact) mass is 271 g/mol. The van der Waals surface area contributed by atoms with Gasteiger partial charge in [0.15, 0.2) is 0 Å². The van der Waals surface area contributed by atoms with Crippen molar-refractivity contribution in [2.75, 3.05) is 13.1 Å². The van der Waals surface area contributed by atoms with Crippen LogP contribution in [-0.4, -0.2) is 34.6 Å². The fraction of sp³-hybridized carbons (Fsp3) is 0.417. The number of thiophene rings is 1. The van der Waals surface area contributed by atoms with Gasteiger partial charge in [0.05, 0.1) is 9.94 Å². The van der Waals surface area contributed by atoms with Gasteiger partial charge in [0, 0.05) is 24.0 Å². The minimum atomic E-state index is -0.740. The molecule has 1 aromatic heterocycles. The molecule has 0 aromatic carbocycles. The number of carbonyl (C=O) groups is 1. The number of β-amino-alcohol motifs (C(OH)–C–C–N with tert-alkyl or cyclic N) is 1. The highest BCUT2D eigenvalue weighted by Gasteiger charge is 2.32. The SMILES string of the molecule is CC1(O)CCN(C(=O)/C=C/c2ccc(Cl)s2)C1. The number of likely N-dealkylation sites (tertiary alicyclic amines) is 1. The summed E-state index contributed by atoms with van der Waals surface area (Å²) in [6, 6.07) is 3.67. The topological polar surface area (TPSA) is 40.5 Å². The van der Waals surface area contributed by atoms with E-state index >= 15 is 0 Å². The third kappa shape index (κ3) is 3.31. The molecule has 2 rings (SSSR count). The number of halogens is 1. The molecule has 3 nitrogen and oxygen atoms in total. The summed E-state index contributed by atoms with van der Waals surface area (Å²) in [6.45, 7) is 2.77. The van der Waals surface area contributed by atoms with Gasteiger partial charge in [-0.05, 0) is 31.6 Å². The second kappa shape index (κ2) is 4.80. The van der Waals surface area contributed by atoms with E-state index in [1.165, 1.54) is 17.4 Å². The standard InChI is InChI=1S/C12H14ClNO2S/c1-12(16)6-7-14(8-12)11(15)5-3-9-2-4-10(13)17-9/h2-5,16H,6-8H2,1H3/b5-3+. The molecule has 0 saturated carbocycles. The van der Waals surface area contributed by atoms with E-state index in [2.05, 4.69) is 0 Å². The van der Waals surface area contributed by atoms with Crippen molar-refractivity contribution in [1.82, 2.24) is 4.90 Å². The molecule has 1 aliphatic heterocycles. The molecule has 5 heteroatoms. The second-order valence-corrected chi connectivity index (χ2v) is 6.23. The van der Waals surface area contributed by atoms with Crippen LogP contribution in [0, 0.1) is 0 Å². The lowest BCUT2D eigenvalue weighted by atomic mass is 10.1. The normalized spacial score (nSPS) is 24.8. The van der Waals surface area contributed by atoms with Crippen LogP contribution in [0.4, 0.5) is 0 Å². The van der Waals surface area contributed by atoms with E-state index in [9.17, 15) is 9.90 Å². The highest BCUT2D eigenvalue weighted by atomic mass is 35.5.